The summed E-state index contributed by atoms with van der Waals surface area (Å²) in [5.41, 5.74) is 3.06. The number of allylic oxidation sites excluding steroid dienone is 1. The Bertz CT molecular complexity index is 760. The minimum atomic E-state index is -0.415. The predicted molar refractivity (Wildman–Crippen MR) is 101 cm³/mol. The lowest BCUT2D eigenvalue weighted by molar-refractivity contribution is -0.114. The smallest absolute Gasteiger partial charge is 0.341 e. The number of hydrogen-bond acceptors (Lipinski definition) is 6. The van der Waals surface area contributed by atoms with Gasteiger partial charge in [-0.15, -0.1) is 11.3 Å². The highest BCUT2D eigenvalue weighted by atomic mass is 32.1. The van der Waals surface area contributed by atoms with Crippen molar-refractivity contribution in [2.75, 3.05) is 25.0 Å². The van der Waals surface area contributed by atoms with Crippen molar-refractivity contribution in [3.05, 3.63) is 21.6 Å². The highest BCUT2D eigenvalue weighted by molar-refractivity contribution is 7.18. The maximum absolute atomic E-state index is 12.5. The topological polar surface area (TPSA) is 75.7 Å². The number of nitrogens with zero attached hydrogens (tertiary/aromatic N) is 1. The van der Waals surface area contributed by atoms with Gasteiger partial charge >= 0.3 is 5.97 Å². The molecule has 2 heterocycles. The third-order valence-electron chi connectivity index (χ3n) is 4.75. The van der Waals surface area contributed by atoms with Gasteiger partial charge < -0.3 is 15.0 Å². The molecule has 1 aliphatic heterocycles. The third kappa shape index (κ3) is 3.53. The summed E-state index contributed by atoms with van der Waals surface area (Å²) in [7, 11) is 0. The number of ether oxygens (including phenoxy) is 1. The molecule has 2 aliphatic rings. The minimum absolute atomic E-state index is 0.228. The van der Waals surface area contributed by atoms with Crippen LogP contribution in [0.1, 0.15) is 60.3 Å². The molecule has 140 valence electrons. The number of esters is 1. The second kappa shape index (κ2) is 8.03. The zero-order valence-corrected chi connectivity index (χ0v) is 16.0. The van der Waals surface area contributed by atoms with E-state index >= 15 is 0 Å². The molecule has 0 radical (unpaired) electrons. The molecule has 3 rings (SSSR count). The number of aldehydes is 1. The van der Waals surface area contributed by atoms with Gasteiger partial charge in [-0.3, -0.25) is 9.59 Å². The fraction of sp³-hybridized carbons (Fsp3) is 0.526. The van der Waals surface area contributed by atoms with Crippen LogP contribution in [0.25, 0.3) is 5.70 Å². The van der Waals surface area contributed by atoms with Crippen molar-refractivity contribution in [1.82, 2.24) is 4.90 Å². The number of likely N-dealkylation sites (tertiary alicyclic amines) is 1. The molecular weight excluding hydrogens is 352 g/mol. The van der Waals surface area contributed by atoms with Crippen LogP contribution in [0.2, 0.25) is 0 Å². The highest BCUT2D eigenvalue weighted by Crippen LogP contribution is 2.45. The zero-order chi connectivity index (χ0) is 18.7. The maximum atomic E-state index is 12.5. The minimum Gasteiger partial charge on any atom is -0.462 e. The lowest BCUT2D eigenvalue weighted by atomic mass is 9.91. The number of hydrogen-bond donors (Lipinski definition) is 1. The van der Waals surface area contributed by atoms with Gasteiger partial charge in [-0.25, -0.2) is 4.79 Å². The molecule has 0 unspecified atom stereocenters. The molecule has 1 fully saturated rings. The molecule has 0 spiro atoms. The van der Waals surface area contributed by atoms with Gasteiger partial charge in [0, 0.05) is 25.6 Å². The van der Waals surface area contributed by atoms with E-state index in [-0.39, 0.29) is 12.5 Å². The van der Waals surface area contributed by atoms with Crippen molar-refractivity contribution < 1.29 is 19.1 Å². The van der Waals surface area contributed by atoms with Crippen molar-refractivity contribution in [1.29, 1.82) is 0 Å². The first-order chi connectivity index (χ1) is 12.6. The number of rotatable bonds is 5. The molecule has 1 amide bonds. The Kier molecular flexibility index (Phi) is 5.76. The Morgan fingerprint density at radius 3 is 2.58 bits per heavy atom. The molecule has 1 aromatic rings. The fourth-order valence-electron chi connectivity index (χ4n) is 3.66. The number of thiophene rings is 1. The summed E-state index contributed by atoms with van der Waals surface area (Å²) in [5, 5.41) is 3.29. The van der Waals surface area contributed by atoms with E-state index in [1.165, 1.54) is 24.7 Å². The number of nitrogens with one attached hydrogen (secondary N) is 1. The van der Waals surface area contributed by atoms with Crippen molar-refractivity contribution in [3.63, 3.8) is 0 Å². The standard InChI is InChI=1S/C19H24N2O4S/c1-3-25-19(24)15-14-8-7-13(11-22)16(21-9-5-4-6-10-21)17(14)26-18(15)20-12(2)23/h11H,3-10H2,1-2H3,(H,20,23). The number of fused-ring (bicyclic) bond motifs is 1. The Hall–Kier alpha value is -2.15. The van der Waals surface area contributed by atoms with E-state index in [0.29, 0.717) is 23.4 Å². The molecule has 0 saturated carbocycles. The summed E-state index contributed by atoms with van der Waals surface area (Å²) in [4.78, 5) is 39.0. The third-order valence-corrected chi connectivity index (χ3v) is 5.91. The molecular formula is C19H24N2O4S. The Balaban J connectivity index is 2.12. The summed E-state index contributed by atoms with van der Waals surface area (Å²) >= 11 is 1.37. The zero-order valence-electron chi connectivity index (χ0n) is 15.2. The first-order valence-corrected chi connectivity index (χ1v) is 9.92. The van der Waals surface area contributed by atoms with Crippen LogP contribution in [0.15, 0.2) is 5.57 Å². The van der Waals surface area contributed by atoms with Crippen LogP contribution in [-0.4, -0.2) is 42.8 Å². The molecule has 1 saturated heterocycles. The van der Waals surface area contributed by atoms with Gasteiger partial charge in [-0.1, -0.05) is 0 Å². The van der Waals surface area contributed by atoms with E-state index in [1.807, 2.05) is 0 Å². The van der Waals surface area contributed by atoms with Gasteiger partial charge in [-0.05, 0) is 44.6 Å². The lowest BCUT2D eigenvalue weighted by Gasteiger charge is -2.34. The number of carbonyl (C=O) groups excluding carboxylic acids is 3. The first kappa shape index (κ1) is 18.6. The maximum Gasteiger partial charge on any atom is 0.341 e. The monoisotopic (exact) mass is 376 g/mol. The van der Waals surface area contributed by atoms with Crippen LogP contribution in [0, 0.1) is 0 Å². The van der Waals surface area contributed by atoms with Crippen LogP contribution >= 0.6 is 11.3 Å². The van der Waals surface area contributed by atoms with E-state index in [2.05, 4.69) is 10.2 Å². The van der Waals surface area contributed by atoms with Gasteiger partial charge in [0.2, 0.25) is 5.91 Å². The number of amides is 1. The molecule has 6 nitrogen and oxygen atoms in total. The average Bonchev–Trinajstić information content (AvgIpc) is 2.98. The predicted octanol–water partition coefficient (Wildman–Crippen LogP) is 3.23. The quantitative estimate of drug-likeness (QED) is 0.631. The van der Waals surface area contributed by atoms with E-state index < -0.39 is 5.97 Å². The van der Waals surface area contributed by atoms with Gasteiger partial charge in [0.25, 0.3) is 0 Å². The number of anilines is 1. The van der Waals surface area contributed by atoms with Crippen LogP contribution in [-0.2, 0) is 20.7 Å². The van der Waals surface area contributed by atoms with Gasteiger partial charge in [0.05, 0.1) is 22.7 Å². The average molecular weight is 376 g/mol. The van der Waals surface area contributed by atoms with Crippen LogP contribution in [0.3, 0.4) is 0 Å². The van der Waals surface area contributed by atoms with Crippen LogP contribution in [0.4, 0.5) is 5.00 Å². The molecule has 1 aromatic heterocycles. The second-order valence-corrected chi connectivity index (χ2v) is 7.58. The summed E-state index contributed by atoms with van der Waals surface area (Å²) in [5.74, 6) is -0.644. The summed E-state index contributed by atoms with van der Waals surface area (Å²) in [6, 6.07) is 0. The van der Waals surface area contributed by atoms with Crippen molar-refractivity contribution in [2.24, 2.45) is 0 Å². The largest absolute Gasteiger partial charge is 0.462 e. The Morgan fingerprint density at radius 2 is 1.96 bits per heavy atom. The molecule has 26 heavy (non-hydrogen) atoms. The highest BCUT2D eigenvalue weighted by Gasteiger charge is 2.33. The van der Waals surface area contributed by atoms with Crippen molar-refractivity contribution in [2.45, 2.75) is 46.0 Å². The Morgan fingerprint density at radius 1 is 1.23 bits per heavy atom. The molecule has 1 aliphatic carbocycles. The second-order valence-electron chi connectivity index (χ2n) is 6.55. The SMILES string of the molecule is CCOC(=O)c1c(NC(C)=O)sc2c1CCC(C=O)=C2N1CCCCC1. The molecule has 0 aromatic carbocycles. The fourth-order valence-corrected chi connectivity index (χ4v) is 5.06. The molecule has 7 heteroatoms. The van der Waals surface area contributed by atoms with Gasteiger partial charge in [0.15, 0.2) is 0 Å². The first-order valence-electron chi connectivity index (χ1n) is 9.10. The summed E-state index contributed by atoms with van der Waals surface area (Å²) in [6.45, 7) is 5.28. The van der Waals surface area contributed by atoms with Crippen molar-refractivity contribution in [3.8, 4) is 0 Å². The molecule has 1 N–H and O–H groups in total. The number of carbonyl (C=O) groups is 3. The van der Waals surface area contributed by atoms with Crippen molar-refractivity contribution >= 4 is 40.2 Å². The van der Waals surface area contributed by atoms with Gasteiger partial charge in [0.1, 0.15) is 11.3 Å². The Labute approximate surface area is 157 Å². The molecule has 0 atom stereocenters. The van der Waals surface area contributed by atoms with E-state index in [1.54, 1.807) is 6.92 Å². The van der Waals surface area contributed by atoms with E-state index in [4.69, 9.17) is 4.74 Å². The summed E-state index contributed by atoms with van der Waals surface area (Å²) < 4.78 is 5.23. The van der Waals surface area contributed by atoms with Crippen LogP contribution < -0.4 is 5.32 Å². The molecule has 0 bridgehead atoms. The van der Waals surface area contributed by atoms with Gasteiger partial charge in [-0.2, -0.15) is 0 Å². The van der Waals surface area contributed by atoms with E-state index in [9.17, 15) is 14.4 Å². The summed E-state index contributed by atoms with van der Waals surface area (Å²) in [6.07, 6.45) is 5.53. The van der Waals surface area contributed by atoms with E-state index in [0.717, 1.165) is 53.9 Å². The number of piperidine rings is 1. The van der Waals surface area contributed by atoms with Crippen LogP contribution in [0.5, 0.6) is 0 Å². The lowest BCUT2D eigenvalue weighted by Crippen LogP contribution is -2.30. The normalized spacial score (nSPS) is 16.9.